The van der Waals surface area contributed by atoms with Gasteiger partial charge in [0.25, 0.3) is 0 Å². The van der Waals surface area contributed by atoms with Crippen LogP contribution in [-0.4, -0.2) is 15.5 Å². The first-order chi connectivity index (χ1) is 17.7. The summed E-state index contributed by atoms with van der Waals surface area (Å²) in [4.78, 5) is 20.4. The van der Waals surface area contributed by atoms with Gasteiger partial charge in [-0.25, -0.2) is 4.98 Å². The molecule has 2 heterocycles. The molecule has 4 aromatic rings. The minimum atomic E-state index is 0.0204. The second-order valence-corrected chi connectivity index (χ2v) is 11.8. The zero-order chi connectivity index (χ0) is 24.5. The fourth-order valence-corrected chi connectivity index (χ4v) is 6.85. The lowest BCUT2D eigenvalue weighted by Crippen LogP contribution is -2.33. The number of aromatic nitrogens is 2. The van der Waals surface area contributed by atoms with Crippen LogP contribution in [0, 0.1) is 5.92 Å². The second kappa shape index (κ2) is 10.2. The zero-order valence-corrected chi connectivity index (χ0v) is 22.0. The summed E-state index contributed by atoms with van der Waals surface area (Å²) in [6.07, 6.45) is 8.01. The first-order valence-corrected chi connectivity index (χ1v) is 14.3. The number of aryl methyl sites for hydroxylation is 2. The molecule has 1 saturated carbocycles. The number of nitrogens with zero attached hydrogens (tertiary/aromatic N) is 3. The number of hydrogen-bond acceptors (Lipinski definition) is 5. The van der Waals surface area contributed by atoms with Crippen LogP contribution < -0.4 is 9.62 Å². The lowest BCUT2D eigenvalue weighted by molar-refractivity contribution is -0.120. The molecule has 1 amide bonds. The number of imidazole rings is 1. The van der Waals surface area contributed by atoms with Crippen LogP contribution in [-0.2, 0) is 24.8 Å². The van der Waals surface area contributed by atoms with Crippen molar-refractivity contribution in [1.82, 2.24) is 14.3 Å². The molecule has 36 heavy (non-hydrogen) atoms. The predicted molar refractivity (Wildman–Crippen MR) is 147 cm³/mol. The Morgan fingerprint density at radius 1 is 1.19 bits per heavy atom. The minimum Gasteiger partial charge on any atom is -0.337 e. The normalized spacial score (nSPS) is 20.6. The Hall–Kier alpha value is -2.87. The van der Waals surface area contributed by atoms with Crippen LogP contribution in [0.5, 0.6) is 0 Å². The van der Waals surface area contributed by atoms with Crippen molar-refractivity contribution in [2.45, 2.75) is 48.4 Å². The number of thiophene rings is 1. The van der Waals surface area contributed by atoms with Crippen LogP contribution >= 0.6 is 23.3 Å². The van der Waals surface area contributed by atoms with Gasteiger partial charge in [-0.1, -0.05) is 42.5 Å². The Kier molecular flexibility index (Phi) is 6.69. The Morgan fingerprint density at radius 3 is 2.86 bits per heavy atom. The first-order valence-electron chi connectivity index (χ1n) is 12.6. The molecule has 0 aliphatic heterocycles. The van der Waals surface area contributed by atoms with Crippen LogP contribution in [0.2, 0.25) is 0 Å². The van der Waals surface area contributed by atoms with Gasteiger partial charge in [0, 0.05) is 37.1 Å². The third-order valence-electron chi connectivity index (χ3n) is 7.37. The number of hydrogen-bond donors (Lipinski definition) is 1. The van der Waals surface area contributed by atoms with Crippen LogP contribution in [0.1, 0.15) is 53.7 Å². The van der Waals surface area contributed by atoms with Crippen LogP contribution in [0.3, 0.4) is 0 Å². The Morgan fingerprint density at radius 2 is 2.08 bits per heavy atom. The van der Waals surface area contributed by atoms with E-state index in [2.05, 4.69) is 69.7 Å². The summed E-state index contributed by atoms with van der Waals surface area (Å²) in [5.74, 6) is 1.41. The van der Waals surface area contributed by atoms with Gasteiger partial charge in [0.1, 0.15) is 5.82 Å². The van der Waals surface area contributed by atoms with E-state index in [1.807, 2.05) is 28.8 Å². The van der Waals surface area contributed by atoms with Crippen molar-refractivity contribution in [2.24, 2.45) is 13.0 Å². The molecular formula is C29H30N4OS2. The molecule has 2 aromatic carbocycles. The molecule has 2 aliphatic rings. The summed E-state index contributed by atoms with van der Waals surface area (Å²) < 4.78 is 6.97. The van der Waals surface area contributed by atoms with E-state index in [4.69, 9.17) is 0 Å². The fourth-order valence-electron chi connectivity index (χ4n) is 5.25. The third-order valence-corrected chi connectivity index (χ3v) is 9.31. The van der Waals surface area contributed by atoms with Gasteiger partial charge in [0.2, 0.25) is 5.91 Å². The molecule has 7 heteroatoms. The molecule has 2 aromatic heterocycles. The molecule has 5 nitrogen and oxygen atoms in total. The summed E-state index contributed by atoms with van der Waals surface area (Å²) in [7, 11) is 1.99. The zero-order valence-electron chi connectivity index (χ0n) is 20.3. The number of fused-ring (bicyclic) bond motifs is 1. The van der Waals surface area contributed by atoms with Gasteiger partial charge in [-0.3, -0.25) is 9.52 Å². The number of anilines is 1. The predicted octanol–water partition coefficient (Wildman–Crippen LogP) is 6.49. The van der Waals surface area contributed by atoms with Gasteiger partial charge in [-0.2, -0.15) is 0 Å². The van der Waals surface area contributed by atoms with Crippen LogP contribution in [0.4, 0.5) is 5.69 Å². The van der Waals surface area contributed by atoms with E-state index >= 15 is 0 Å². The molecule has 0 bridgehead atoms. The lowest BCUT2D eigenvalue weighted by atomic mass is 9.87. The number of benzene rings is 2. The summed E-state index contributed by atoms with van der Waals surface area (Å²) in [6, 6.07) is 21.6. The lowest BCUT2D eigenvalue weighted by Gasteiger charge is -2.29. The van der Waals surface area contributed by atoms with Crippen molar-refractivity contribution < 1.29 is 4.79 Å². The molecule has 1 fully saturated rings. The number of nitrogens with one attached hydrogen (secondary N) is 1. The van der Waals surface area contributed by atoms with E-state index in [-0.39, 0.29) is 17.9 Å². The number of carbonyl (C=O) groups excluding carboxylic acids is 1. The standard InChI is InChI=1S/C29H30N4OS2/c1-32-15-14-30-27(32)19-33(29(34)25-18-23(25)20-7-3-2-4-8-20)22-13-12-21-9-5-10-26(24(21)17-22)31-36-28-11-6-16-35-28/h2-4,6-8,11-17,23,25-26,31H,5,9-10,18-19H2,1H3/t23-,25+,26-/m0/s1. The van der Waals surface area contributed by atoms with Gasteiger partial charge in [-0.15, -0.1) is 11.3 Å². The molecule has 0 radical (unpaired) electrons. The maximum Gasteiger partial charge on any atom is 0.231 e. The van der Waals surface area contributed by atoms with Gasteiger partial charge >= 0.3 is 0 Å². The maximum absolute atomic E-state index is 13.9. The fraction of sp³-hybridized carbons (Fsp3) is 0.310. The largest absolute Gasteiger partial charge is 0.337 e. The molecule has 184 valence electrons. The number of rotatable bonds is 8. The summed E-state index contributed by atoms with van der Waals surface area (Å²) in [5.41, 5.74) is 4.92. The van der Waals surface area contributed by atoms with Crippen LogP contribution in [0.25, 0.3) is 0 Å². The van der Waals surface area contributed by atoms with Crippen LogP contribution in [0.15, 0.2) is 82.6 Å². The highest BCUT2D eigenvalue weighted by Crippen LogP contribution is 2.49. The summed E-state index contributed by atoms with van der Waals surface area (Å²) in [5, 5.41) is 2.11. The average molecular weight is 515 g/mol. The van der Waals surface area contributed by atoms with Gasteiger partial charge in [0.15, 0.2) is 0 Å². The molecule has 0 unspecified atom stereocenters. The number of amides is 1. The van der Waals surface area contributed by atoms with Crippen molar-refractivity contribution >= 4 is 34.9 Å². The Labute approximate surface area is 220 Å². The van der Waals surface area contributed by atoms with Gasteiger partial charge < -0.3 is 9.47 Å². The van der Waals surface area contributed by atoms with Crippen molar-refractivity contribution in [3.05, 3.63) is 101 Å². The second-order valence-electron chi connectivity index (χ2n) is 9.72. The van der Waals surface area contributed by atoms with E-state index in [1.54, 1.807) is 29.5 Å². The SMILES string of the molecule is Cn1ccnc1CN(C(=O)[C@@H]1C[C@H]1c1ccccc1)c1ccc2c(c1)[C@@H](NSc1cccs1)CCC2. The molecule has 3 atom stereocenters. The highest BCUT2D eigenvalue weighted by atomic mass is 32.2. The van der Waals surface area contributed by atoms with Crippen molar-refractivity contribution in [2.75, 3.05) is 4.90 Å². The highest BCUT2D eigenvalue weighted by molar-refractivity contribution is 7.99. The first kappa shape index (κ1) is 23.5. The van der Waals surface area contributed by atoms with Gasteiger partial charge in [0.05, 0.1) is 10.8 Å². The molecule has 2 aliphatic carbocycles. The van der Waals surface area contributed by atoms with Gasteiger partial charge in [-0.05, 0) is 83.8 Å². The van der Waals surface area contributed by atoms with E-state index in [9.17, 15) is 4.79 Å². The quantitative estimate of drug-likeness (QED) is 0.273. The van der Waals surface area contributed by atoms with E-state index in [0.29, 0.717) is 12.5 Å². The monoisotopic (exact) mass is 514 g/mol. The molecule has 0 saturated heterocycles. The minimum absolute atomic E-state index is 0.0204. The highest BCUT2D eigenvalue weighted by Gasteiger charge is 2.46. The third kappa shape index (κ3) is 4.88. The van der Waals surface area contributed by atoms with E-state index < -0.39 is 0 Å². The summed E-state index contributed by atoms with van der Waals surface area (Å²) in [6.45, 7) is 0.473. The summed E-state index contributed by atoms with van der Waals surface area (Å²) >= 11 is 3.47. The maximum atomic E-state index is 13.9. The number of carbonyl (C=O) groups is 1. The molecular weight excluding hydrogens is 484 g/mol. The topological polar surface area (TPSA) is 50.2 Å². The molecule has 1 N–H and O–H groups in total. The van der Waals surface area contributed by atoms with E-state index in [0.717, 1.165) is 30.8 Å². The molecule has 0 spiro atoms. The smallest absolute Gasteiger partial charge is 0.231 e. The van der Waals surface area contributed by atoms with Crippen molar-refractivity contribution in [3.8, 4) is 0 Å². The van der Waals surface area contributed by atoms with E-state index in [1.165, 1.54) is 27.3 Å². The Bertz CT molecular complexity index is 1330. The van der Waals surface area contributed by atoms with Crippen molar-refractivity contribution in [1.29, 1.82) is 0 Å². The molecule has 6 rings (SSSR count). The average Bonchev–Trinajstić information content (AvgIpc) is 3.34. The Balaban J connectivity index is 1.28. The van der Waals surface area contributed by atoms with Crippen molar-refractivity contribution in [3.63, 3.8) is 0 Å².